The van der Waals surface area contributed by atoms with E-state index in [4.69, 9.17) is 4.74 Å². The van der Waals surface area contributed by atoms with Crippen molar-refractivity contribution in [2.24, 2.45) is 0 Å². The number of ether oxygens (including phenoxy) is 2. The van der Waals surface area contributed by atoms with E-state index in [1.165, 1.54) is 49.2 Å². The molecule has 0 bridgehead atoms. The van der Waals surface area contributed by atoms with Crippen LogP contribution in [0.4, 0.5) is 17.6 Å². The molecule has 2 aromatic rings. The molecule has 1 spiro atoms. The van der Waals surface area contributed by atoms with Gasteiger partial charge in [-0.25, -0.2) is 4.39 Å². The molecule has 1 aliphatic carbocycles. The molecule has 0 aromatic heterocycles. The molecule has 0 radical (unpaired) electrons. The fourth-order valence-electron chi connectivity index (χ4n) is 4.37. The van der Waals surface area contributed by atoms with Crippen LogP contribution in [0.25, 0.3) is 5.76 Å². The van der Waals surface area contributed by atoms with Gasteiger partial charge in [0.25, 0.3) is 0 Å². The highest BCUT2D eigenvalue weighted by Crippen LogP contribution is 2.47. The van der Waals surface area contributed by atoms with Gasteiger partial charge in [0.1, 0.15) is 27.8 Å². The SMILES string of the molecule is COc1cccc(C(F)(F)F)c1.O=CN1CCCC2(CC1)CSC1=C(O2)c2cc(F)ccc2C(=O)C1=O. The van der Waals surface area contributed by atoms with Gasteiger partial charge in [0.15, 0.2) is 0 Å². The average molecular weight is 538 g/mol. The minimum atomic E-state index is -4.30. The van der Waals surface area contributed by atoms with Gasteiger partial charge < -0.3 is 14.4 Å². The van der Waals surface area contributed by atoms with Gasteiger partial charge in [-0.15, -0.1) is 11.8 Å². The Morgan fingerprint density at radius 3 is 2.54 bits per heavy atom. The van der Waals surface area contributed by atoms with Crippen molar-refractivity contribution in [1.82, 2.24) is 4.90 Å². The van der Waals surface area contributed by atoms with Gasteiger partial charge in [-0.2, -0.15) is 13.2 Å². The lowest BCUT2D eigenvalue weighted by Crippen LogP contribution is -2.41. The number of methoxy groups -OCH3 is 1. The zero-order valence-corrected chi connectivity index (χ0v) is 20.6. The first-order valence-electron chi connectivity index (χ1n) is 11.4. The van der Waals surface area contributed by atoms with E-state index in [1.54, 1.807) is 4.90 Å². The van der Waals surface area contributed by atoms with Crippen LogP contribution in [0.5, 0.6) is 5.75 Å². The van der Waals surface area contributed by atoms with Gasteiger partial charge in [0, 0.05) is 36.4 Å². The highest BCUT2D eigenvalue weighted by molar-refractivity contribution is 8.04. The van der Waals surface area contributed by atoms with Gasteiger partial charge in [-0.3, -0.25) is 14.4 Å². The monoisotopic (exact) mass is 537 g/mol. The lowest BCUT2D eigenvalue weighted by molar-refractivity contribution is -0.137. The van der Waals surface area contributed by atoms with E-state index in [0.29, 0.717) is 36.6 Å². The second-order valence-electron chi connectivity index (χ2n) is 8.80. The number of hydrogen-bond acceptors (Lipinski definition) is 6. The number of carbonyl (C=O) groups excluding carboxylic acids is 3. The number of Topliss-reactive ketones (excluding diaryl/α,β-unsaturated/α-hetero) is 2. The van der Waals surface area contributed by atoms with Crippen LogP contribution in [-0.4, -0.2) is 54.4 Å². The summed E-state index contributed by atoms with van der Waals surface area (Å²) in [6.45, 7) is 1.25. The first kappa shape index (κ1) is 26.7. The number of ketones is 2. The Morgan fingerprint density at radius 1 is 1.05 bits per heavy atom. The third-order valence-electron chi connectivity index (χ3n) is 6.37. The molecule has 1 fully saturated rings. The van der Waals surface area contributed by atoms with E-state index in [2.05, 4.69) is 4.74 Å². The predicted molar refractivity (Wildman–Crippen MR) is 128 cm³/mol. The molecule has 0 saturated carbocycles. The lowest BCUT2D eigenvalue weighted by atomic mass is 9.91. The minimum absolute atomic E-state index is 0.186. The second-order valence-corrected chi connectivity index (χ2v) is 9.79. The quantitative estimate of drug-likeness (QED) is 0.301. The van der Waals surface area contributed by atoms with Crippen molar-refractivity contribution in [2.45, 2.75) is 31.0 Å². The van der Waals surface area contributed by atoms with Crippen molar-refractivity contribution in [3.8, 4) is 5.75 Å². The van der Waals surface area contributed by atoms with Crippen molar-refractivity contribution in [2.75, 3.05) is 26.0 Å². The summed E-state index contributed by atoms with van der Waals surface area (Å²) in [7, 11) is 1.33. The van der Waals surface area contributed by atoms with Crippen molar-refractivity contribution in [3.05, 3.63) is 69.9 Å². The van der Waals surface area contributed by atoms with E-state index in [0.717, 1.165) is 31.4 Å². The van der Waals surface area contributed by atoms with Crippen molar-refractivity contribution in [1.29, 1.82) is 0 Å². The molecule has 1 amide bonds. The number of nitrogens with zero attached hydrogens (tertiary/aromatic N) is 1. The molecule has 5 rings (SSSR count). The third-order valence-corrected chi connectivity index (χ3v) is 7.70. The Hall–Kier alpha value is -3.34. The number of allylic oxidation sites excluding steroid dienone is 1. The highest BCUT2D eigenvalue weighted by Gasteiger charge is 2.45. The molecule has 6 nitrogen and oxygen atoms in total. The number of benzene rings is 2. The van der Waals surface area contributed by atoms with Crippen LogP contribution in [0.15, 0.2) is 47.4 Å². The number of thioether (sulfide) groups is 1. The van der Waals surface area contributed by atoms with E-state index in [9.17, 15) is 31.9 Å². The number of alkyl halides is 3. The summed E-state index contributed by atoms with van der Waals surface area (Å²) in [6.07, 6.45) is -1.28. The largest absolute Gasteiger partial charge is 0.497 e. The molecular formula is C26H23F4NO5S. The number of fused-ring (bicyclic) bond motifs is 2. The van der Waals surface area contributed by atoms with E-state index in [-0.39, 0.29) is 16.2 Å². The van der Waals surface area contributed by atoms with Crippen LogP contribution in [0.1, 0.15) is 40.7 Å². The molecule has 1 unspecified atom stereocenters. The Bertz CT molecular complexity index is 1260. The first-order valence-corrected chi connectivity index (χ1v) is 12.4. The van der Waals surface area contributed by atoms with Crippen molar-refractivity contribution >= 4 is 35.5 Å². The Balaban J connectivity index is 0.000000225. The van der Waals surface area contributed by atoms with E-state index < -0.39 is 34.7 Å². The van der Waals surface area contributed by atoms with Gasteiger partial charge in [-0.05, 0) is 49.2 Å². The summed E-state index contributed by atoms with van der Waals surface area (Å²) in [6, 6.07) is 8.50. The van der Waals surface area contributed by atoms with Crippen LogP contribution < -0.4 is 4.74 Å². The van der Waals surface area contributed by atoms with Crippen LogP contribution >= 0.6 is 11.8 Å². The predicted octanol–water partition coefficient (Wildman–Crippen LogP) is 5.12. The number of halogens is 4. The normalized spacial score (nSPS) is 21.3. The summed E-state index contributed by atoms with van der Waals surface area (Å²) < 4.78 is 60.8. The molecule has 1 saturated heterocycles. The third kappa shape index (κ3) is 5.66. The van der Waals surface area contributed by atoms with Gasteiger partial charge in [-0.1, -0.05) is 6.07 Å². The van der Waals surface area contributed by atoms with Gasteiger partial charge >= 0.3 is 6.18 Å². The molecular weight excluding hydrogens is 514 g/mol. The molecule has 2 heterocycles. The average Bonchev–Trinajstić information content (AvgIpc) is 3.09. The summed E-state index contributed by atoms with van der Waals surface area (Å²) in [5.74, 6) is -0.609. The standard InChI is InChI=1S/C18H16FNO4S.C8H7F3O/c19-11-2-3-12-13(8-11)16-17(15(23)14(12)22)25-9-18(24-16)4-1-6-20(10-21)7-5-18;1-12-7-4-2-3-6(5-7)8(9,10)11/h2-3,8,10H,1,4-7,9H2;2-5H,1H3. The van der Waals surface area contributed by atoms with Gasteiger partial charge in [0.05, 0.1) is 12.7 Å². The first-order chi connectivity index (χ1) is 17.6. The summed E-state index contributed by atoms with van der Waals surface area (Å²) in [5, 5.41) is 0. The fraction of sp³-hybridized carbons (Fsp3) is 0.346. The Labute approximate surface area is 214 Å². The smallest absolute Gasteiger partial charge is 0.416 e. The second kappa shape index (κ2) is 10.6. The minimum Gasteiger partial charge on any atom is -0.497 e. The van der Waals surface area contributed by atoms with Gasteiger partial charge in [0.2, 0.25) is 18.0 Å². The molecule has 0 N–H and O–H groups in total. The number of likely N-dealkylation sites (tertiary alicyclic amines) is 1. The topological polar surface area (TPSA) is 72.9 Å². The molecule has 196 valence electrons. The maximum Gasteiger partial charge on any atom is 0.416 e. The molecule has 2 aromatic carbocycles. The molecule has 11 heteroatoms. The van der Waals surface area contributed by atoms with E-state index >= 15 is 0 Å². The maximum absolute atomic E-state index is 13.7. The summed E-state index contributed by atoms with van der Waals surface area (Å²) in [4.78, 5) is 37.7. The van der Waals surface area contributed by atoms with Crippen molar-refractivity contribution < 1.29 is 41.4 Å². The number of amides is 1. The van der Waals surface area contributed by atoms with Crippen LogP contribution in [0.3, 0.4) is 0 Å². The Kier molecular flexibility index (Phi) is 7.63. The number of rotatable bonds is 2. The molecule has 37 heavy (non-hydrogen) atoms. The summed E-state index contributed by atoms with van der Waals surface area (Å²) >= 11 is 1.31. The zero-order valence-electron chi connectivity index (χ0n) is 19.8. The van der Waals surface area contributed by atoms with Crippen LogP contribution in [0.2, 0.25) is 0 Å². The van der Waals surface area contributed by atoms with Crippen molar-refractivity contribution in [3.63, 3.8) is 0 Å². The van der Waals surface area contributed by atoms with E-state index in [1.807, 2.05) is 0 Å². The molecule has 1 atom stereocenters. The van der Waals surface area contributed by atoms with Crippen LogP contribution in [0, 0.1) is 5.82 Å². The lowest BCUT2D eigenvalue weighted by Gasteiger charge is -2.40. The zero-order chi connectivity index (χ0) is 26.8. The Morgan fingerprint density at radius 2 is 1.84 bits per heavy atom. The number of carbonyl (C=O) groups is 3. The number of hydrogen-bond donors (Lipinski definition) is 0. The molecule has 2 aliphatic heterocycles. The fourth-order valence-corrected chi connectivity index (χ4v) is 5.64. The summed E-state index contributed by atoms with van der Waals surface area (Å²) in [5.41, 5.74) is -0.665. The highest BCUT2D eigenvalue weighted by atomic mass is 32.2. The van der Waals surface area contributed by atoms with Crippen LogP contribution in [-0.2, 0) is 20.5 Å². The molecule has 3 aliphatic rings. The maximum atomic E-state index is 13.7.